The van der Waals surface area contributed by atoms with E-state index in [1.165, 1.54) is 5.56 Å². The zero-order valence-corrected chi connectivity index (χ0v) is 13.7. The van der Waals surface area contributed by atoms with Gasteiger partial charge in [-0.1, -0.05) is 20.8 Å². The summed E-state index contributed by atoms with van der Waals surface area (Å²) in [5.41, 5.74) is 9.39. The number of nitrogens with one attached hydrogen (secondary N) is 1. The van der Waals surface area contributed by atoms with E-state index in [-0.39, 0.29) is 11.3 Å². The van der Waals surface area contributed by atoms with Gasteiger partial charge in [0.25, 0.3) is 5.91 Å². The number of hydrogen-bond acceptors (Lipinski definition) is 4. The van der Waals surface area contributed by atoms with Crippen LogP contribution in [0.2, 0.25) is 0 Å². The number of nitrogen functional groups attached to an aromatic ring is 1. The molecule has 2 aromatic rings. The van der Waals surface area contributed by atoms with Crippen molar-refractivity contribution in [3.05, 3.63) is 45.3 Å². The van der Waals surface area contributed by atoms with Gasteiger partial charge in [0.2, 0.25) is 0 Å². The highest BCUT2D eigenvalue weighted by Crippen LogP contribution is 2.22. The lowest BCUT2D eigenvalue weighted by Crippen LogP contribution is -2.24. The summed E-state index contributed by atoms with van der Waals surface area (Å²) in [4.78, 5) is 16.6. The van der Waals surface area contributed by atoms with Crippen LogP contribution < -0.4 is 11.1 Å². The highest BCUT2D eigenvalue weighted by Gasteiger charge is 2.18. The van der Waals surface area contributed by atoms with Gasteiger partial charge in [-0.25, -0.2) is 4.98 Å². The van der Waals surface area contributed by atoms with Crippen molar-refractivity contribution < 1.29 is 4.79 Å². The van der Waals surface area contributed by atoms with Gasteiger partial charge in [-0.3, -0.25) is 4.79 Å². The van der Waals surface area contributed by atoms with Gasteiger partial charge < -0.3 is 11.1 Å². The van der Waals surface area contributed by atoms with E-state index in [0.29, 0.717) is 17.9 Å². The van der Waals surface area contributed by atoms with Crippen LogP contribution in [0, 0.1) is 6.92 Å². The second kappa shape index (κ2) is 5.85. The standard InChI is InChI=1S/C16H21N3OS/c1-10-8-21-9-12(10)7-18-15(20)11-5-13(16(2,3)4)19-14(17)6-11/h5-6,8-9H,7H2,1-4H3,(H2,17,19)(H,18,20). The SMILES string of the molecule is Cc1cscc1CNC(=O)c1cc(N)nc(C(C)(C)C)c1. The van der Waals surface area contributed by atoms with Crippen LogP contribution in [0.25, 0.3) is 0 Å². The Kier molecular flexibility index (Phi) is 4.32. The Morgan fingerprint density at radius 1 is 1.33 bits per heavy atom. The maximum atomic E-state index is 12.3. The molecule has 1 amide bonds. The van der Waals surface area contributed by atoms with Gasteiger partial charge in [-0.2, -0.15) is 11.3 Å². The molecule has 2 rings (SSSR count). The molecule has 0 saturated heterocycles. The number of aryl methyl sites for hydroxylation is 1. The van der Waals surface area contributed by atoms with Crippen LogP contribution in [-0.2, 0) is 12.0 Å². The summed E-state index contributed by atoms with van der Waals surface area (Å²) in [6, 6.07) is 3.43. The number of nitrogens with zero attached hydrogens (tertiary/aromatic N) is 1. The highest BCUT2D eigenvalue weighted by molar-refractivity contribution is 7.08. The minimum absolute atomic E-state index is 0.125. The van der Waals surface area contributed by atoms with Gasteiger partial charge in [0.1, 0.15) is 5.82 Å². The second-order valence-electron chi connectivity index (χ2n) is 6.18. The molecule has 0 bridgehead atoms. The normalized spacial score (nSPS) is 11.4. The van der Waals surface area contributed by atoms with Gasteiger partial charge in [0.15, 0.2) is 0 Å². The topological polar surface area (TPSA) is 68.0 Å². The molecular weight excluding hydrogens is 282 g/mol. The fourth-order valence-electron chi connectivity index (χ4n) is 1.91. The molecule has 3 N–H and O–H groups in total. The molecule has 0 atom stereocenters. The largest absolute Gasteiger partial charge is 0.384 e. The molecule has 0 aliphatic heterocycles. The first-order valence-electron chi connectivity index (χ1n) is 6.85. The number of rotatable bonds is 3. The summed E-state index contributed by atoms with van der Waals surface area (Å²) in [7, 11) is 0. The van der Waals surface area contributed by atoms with E-state index in [9.17, 15) is 4.79 Å². The van der Waals surface area contributed by atoms with E-state index in [2.05, 4.69) is 21.1 Å². The van der Waals surface area contributed by atoms with Crippen LogP contribution in [-0.4, -0.2) is 10.9 Å². The fraction of sp³-hybridized carbons (Fsp3) is 0.375. The van der Waals surface area contributed by atoms with Gasteiger partial charge in [-0.05, 0) is 40.9 Å². The molecule has 0 spiro atoms. The Morgan fingerprint density at radius 2 is 2.05 bits per heavy atom. The summed E-state index contributed by atoms with van der Waals surface area (Å²) < 4.78 is 0. The number of carbonyl (C=O) groups is 1. The first-order valence-corrected chi connectivity index (χ1v) is 7.79. The summed E-state index contributed by atoms with van der Waals surface area (Å²) >= 11 is 1.64. The van der Waals surface area contributed by atoms with Crippen molar-refractivity contribution in [2.24, 2.45) is 0 Å². The van der Waals surface area contributed by atoms with Crippen LogP contribution in [0.5, 0.6) is 0 Å². The van der Waals surface area contributed by atoms with E-state index >= 15 is 0 Å². The number of hydrogen-bond donors (Lipinski definition) is 2. The van der Waals surface area contributed by atoms with Crippen molar-refractivity contribution in [2.45, 2.75) is 39.7 Å². The molecule has 2 aromatic heterocycles. The molecule has 5 heteroatoms. The third kappa shape index (κ3) is 3.82. The molecule has 0 radical (unpaired) electrons. The first kappa shape index (κ1) is 15.5. The monoisotopic (exact) mass is 303 g/mol. The van der Waals surface area contributed by atoms with Gasteiger partial charge in [0, 0.05) is 23.2 Å². The molecule has 21 heavy (non-hydrogen) atoms. The molecule has 0 unspecified atom stereocenters. The van der Waals surface area contributed by atoms with E-state index in [1.54, 1.807) is 17.4 Å². The highest BCUT2D eigenvalue weighted by atomic mass is 32.1. The number of anilines is 1. The Labute approximate surface area is 129 Å². The van der Waals surface area contributed by atoms with Crippen LogP contribution in [0.15, 0.2) is 22.9 Å². The molecule has 0 aromatic carbocycles. The number of aromatic nitrogens is 1. The molecule has 0 aliphatic rings. The first-order chi connectivity index (χ1) is 9.77. The van der Waals surface area contributed by atoms with Crippen LogP contribution in [0.4, 0.5) is 5.82 Å². The minimum Gasteiger partial charge on any atom is -0.384 e. The molecule has 2 heterocycles. The van der Waals surface area contributed by atoms with Crippen molar-refractivity contribution in [3.63, 3.8) is 0 Å². The average molecular weight is 303 g/mol. The summed E-state index contributed by atoms with van der Waals surface area (Å²) in [5.74, 6) is 0.250. The summed E-state index contributed by atoms with van der Waals surface area (Å²) in [6.07, 6.45) is 0. The minimum atomic E-state index is -0.144. The summed E-state index contributed by atoms with van der Waals surface area (Å²) in [6.45, 7) is 8.71. The number of carbonyl (C=O) groups excluding carboxylic acids is 1. The van der Waals surface area contributed by atoms with Gasteiger partial charge >= 0.3 is 0 Å². The lowest BCUT2D eigenvalue weighted by molar-refractivity contribution is 0.0950. The Morgan fingerprint density at radius 3 is 2.62 bits per heavy atom. The van der Waals surface area contributed by atoms with E-state index in [4.69, 9.17) is 5.73 Å². The van der Waals surface area contributed by atoms with Crippen molar-refractivity contribution in [2.75, 3.05) is 5.73 Å². The van der Waals surface area contributed by atoms with Gasteiger partial charge in [0.05, 0.1) is 0 Å². The molecule has 112 valence electrons. The van der Waals surface area contributed by atoms with Crippen LogP contribution >= 0.6 is 11.3 Å². The van der Waals surface area contributed by atoms with Gasteiger partial charge in [-0.15, -0.1) is 0 Å². The van der Waals surface area contributed by atoms with Crippen molar-refractivity contribution >= 4 is 23.1 Å². The van der Waals surface area contributed by atoms with E-state index in [0.717, 1.165) is 11.3 Å². The number of nitrogens with two attached hydrogens (primary N) is 1. The lowest BCUT2D eigenvalue weighted by atomic mass is 9.90. The van der Waals surface area contributed by atoms with Crippen LogP contribution in [0.3, 0.4) is 0 Å². The maximum absolute atomic E-state index is 12.3. The molecule has 0 aliphatic carbocycles. The molecule has 0 saturated carbocycles. The van der Waals surface area contributed by atoms with E-state index < -0.39 is 0 Å². The average Bonchev–Trinajstić information content (AvgIpc) is 2.79. The Bertz CT molecular complexity index is 656. The summed E-state index contributed by atoms with van der Waals surface area (Å²) in [5, 5.41) is 7.06. The Balaban J connectivity index is 2.16. The Hall–Kier alpha value is -1.88. The van der Waals surface area contributed by atoms with Crippen molar-refractivity contribution in [1.29, 1.82) is 0 Å². The zero-order chi connectivity index (χ0) is 15.6. The number of amides is 1. The van der Waals surface area contributed by atoms with Crippen LogP contribution in [0.1, 0.15) is 48.0 Å². The van der Waals surface area contributed by atoms with E-state index in [1.807, 2.05) is 33.8 Å². The number of pyridine rings is 1. The van der Waals surface area contributed by atoms with Crippen molar-refractivity contribution in [1.82, 2.24) is 10.3 Å². The second-order valence-corrected chi connectivity index (χ2v) is 6.92. The van der Waals surface area contributed by atoms with Crippen molar-refractivity contribution in [3.8, 4) is 0 Å². The predicted octanol–water partition coefficient (Wildman–Crippen LogP) is 3.26. The smallest absolute Gasteiger partial charge is 0.251 e. The lowest BCUT2D eigenvalue weighted by Gasteiger charge is -2.19. The predicted molar refractivity (Wildman–Crippen MR) is 87.6 cm³/mol. The quantitative estimate of drug-likeness (QED) is 0.914. The molecule has 0 fully saturated rings. The number of thiophene rings is 1. The maximum Gasteiger partial charge on any atom is 0.251 e. The third-order valence-electron chi connectivity index (χ3n) is 3.28. The fourth-order valence-corrected chi connectivity index (χ4v) is 2.77. The molecular formula is C16H21N3OS. The molecule has 4 nitrogen and oxygen atoms in total. The third-order valence-corrected chi connectivity index (χ3v) is 4.19. The zero-order valence-electron chi connectivity index (χ0n) is 12.9.